The minimum Gasteiger partial charge on any atom is -0.336 e. The Morgan fingerprint density at radius 2 is 1.63 bits per heavy atom. The van der Waals surface area contributed by atoms with E-state index in [1.54, 1.807) is 11.0 Å². The average Bonchev–Trinajstić information content (AvgIpc) is 3.03. The summed E-state index contributed by atoms with van der Waals surface area (Å²) in [5, 5.41) is 0. The van der Waals surface area contributed by atoms with Crippen LogP contribution in [0.2, 0.25) is 0 Å². The molecular weight excluding hydrogens is 466 g/mol. The summed E-state index contributed by atoms with van der Waals surface area (Å²) in [6.07, 6.45) is 4.20. The third-order valence-corrected chi connectivity index (χ3v) is 8.76. The Labute approximate surface area is 204 Å². The number of carbonyl (C=O) groups is 2. The molecule has 1 amide bonds. The number of pyridine rings is 1. The quantitative estimate of drug-likeness (QED) is 0.516. The van der Waals surface area contributed by atoms with Gasteiger partial charge in [-0.3, -0.25) is 9.59 Å². The molecule has 3 aromatic rings. The number of aromatic nitrogens is 3. The molecule has 10 heteroatoms. The van der Waals surface area contributed by atoms with Crippen LogP contribution in [0.1, 0.15) is 58.4 Å². The normalized spacial score (nSPS) is 17.3. The smallest absolute Gasteiger partial charge is 0.256 e. The van der Waals surface area contributed by atoms with Crippen molar-refractivity contribution in [3.63, 3.8) is 0 Å². The summed E-state index contributed by atoms with van der Waals surface area (Å²) in [6.45, 7) is 5.18. The number of nitrogens with zero attached hydrogens (tertiary/aromatic N) is 5. The lowest BCUT2D eigenvalue weighted by molar-refractivity contribution is 0.0699. The molecule has 2 aliphatic heterocycles. The van der Waals surface area contributed by atoms with Crippen LogP contribution in [0, 0.1) is 6.92 Å². The van der Waals surface area contributed by atoms with Crippen molar-refractivity contribution in [2.45, 2.75) is 51.0 Å². The summed E-state index contributed by atoms with van der Waals surface area (Å²) in [5.41, 5.74) is 3.17. The number of rotatable bonds is 4. The number of amides is 1. The van der Waals surface area contributed by atoms with Gasteiger partial charge in [0.1, 0.15) is 11.3 Å². The van der Waals surface area contributed by atoms with Crippen LogP contribution < -0.4 is 0 Å². The van der Waals surface area contributed by atoms with Crippen LogP contribution in [0.5, 0.6) is 0 Å². The van der Waals surface area contributed by atoms with Gasteiger partial charge in [-0.25, -0.2) is 18.4 Å². The molecule has 0 atom stereocenters. The number of carbonyl (C=O) groups excluding carboxylic acids is 2. The van der Waals surface area contributed by atoms with Crippen molar-refractivity contribution in [2.24, 2.45) is 0 Å². The zero-order valence-electron chi connectivity index (χ0n) is 20.0. The van der Waals surface area contributed by atoms with E-state index in [0.717, 1.165) is 49.4 Å². The summed E-state index contributed by atoms with van der Waals surface area (Å²) in [4.78, 5) is 36.4. The minimum atomic E-state index is -3.71. The van der Waals surface area contributed by atoms with Gasteiger partial charge >= 0.3 is 0 Å². The summed E-state index contributed by atoms with van der Waals surface area (Å²) >= 11 is 0. The Hall–Kier alpha value is -3.11. The number of hydrogen-bond acceptors (Lipinski definition) is 6. The van der Waals surface area contributed by atoms with Gasteiger partial charge in [0, 0.05) is 50.4 Å². The molecule has 5 rings (SSSR count). The monoisotopic (exact) mass is 495 g/mol. The average molecular weight is 496 g/mol. The molecule has 0 aliphatic carbocycles. The number of imidazole rings is 1. The van der Waals surface area contributed by atoms with Crippen LogP contribution in [0.25, 0.3) is 11.2 Å². The number of Topliss-reactive ketones (excluding diaryl/α,β-unsaturated/α-hetero) is 1. The lowest BCUT2D eigenvalue weighted by atomic mass is 10.1. The lowest BCUT2D eigenvalue weighted by Gasteiger charge is -2.34. The molecule has 35 heavy (non-hydrogen) atoms. The fourth-order valence-electron chi connectivity index (χ4n) is 4.89. The van der Waals surface area contributed by atoms with Gasteiger partial charge in [-0.15, -0.1) is 0 Å². The van der Waals surface area contributed by atoms with E-state index in [1.807, 2.05) is 6.92 Å². The maximum Gasteiger partial charge on any atom is 0.256 e. The van der Waals surface area contributed by atoms with Crippen molar-refractivity contribution < 1.29 is 18.0 Å². The third-order valence-electron chi connectivity index (χ3n) is 6.85. The highest BCUT2D eigenvalue weighted by atomic mass is 32.2. The first-order valence-corrected chi connectivity index (χ1v) is 13.5. The topological polar surface area (TPSA) is 105 Å². The Kier molecular flexibility index (Phi) is 6.18. The van der Waals surface area contributed by atoms with E-state index >= 15 is 0 Å². The largest absolute Gasteiger partial charge is 0.336 e. The van der Waals surface area contributed by atoms with Gasteiger partial charge in [0.2, 0.25) is 10.0 Å². The van der Waals surface area contributed by atoms with Crippen molar-refractivity contribution in [3.8, 4) is 0 Å². The van der Waals surface area contributed by atoms with E-state index in [4.69, 9.17) is 9.97 Å². The first kappa shape index (κ1) is 23.6. The minimum absolute atomic E-state index is 0.115. The number of benzene rings is 1. The molecule has 0 radical (unpaired) electrons. The van der Waals surface area contributed by atoms with Gasteiger partial charge in [-0.05, 0) is 44.9 Å². The van der Waals surface area contributed by atoms with Crippen molar-refractivity contribution in [1.82, 2.24) is 23.7 Å². The van der Waals surface area contributed by atoms with Crippen molar-refractivity contribution >= 4 is 32.9 Å². The van der Waals surface area contributed by atoms with Gasteiger partial charge in [0.05, 0.1) is 10.5 Å². The number of ketones is 1. The molecule has 0 N–H and O–H groups in total. The first-order chi connectivity index (χ1) is 16.8. The van der Waals surface area contributed by atoms with Crippen molar-refractivity contribution in [3.05, 3.63) is 53.0 Å². The molecule has 2 aliphatic rings. The predicted octanol–water partition coefficient (Wildman–Crippen LogP) is 2.82. The summed E-state index contributed by atoms with van der Waals surface area (Å²) in [5.74, 6) is 0.726. The van der Waals surface area contributed by atoms with Crippen molar-refractivity contribution in [2.75, 3.05) is 26.2 Å². The maximum atomic E-state index is 13.5. The highest BCUT2D eigenvalue weighted by Gasteiger charge is 2.32. The van der Waals surface area contributed by atoms with Crippen LogP contribution in [0.3, 0.4) is 0 Å². The second-order valence-corrected chi connectivity index (χ2v) is 11.2. The van der Waals surface area contributed by atoms with E-state index in [2.05, 4.69) is 4.57 Å². The molecule has 1 aromatic carbocycles. The molecule has 4 heterocycles. The van der Waals surface area contributed by atoms with Crippen LogP contribution in [-0.4, -0.2) is 70.0 Å². The van der Waals surface area contributed by atoms with Crippen LogP contribution in [0.15, 0.2) is 35.2 Å². The first-order valence-electron chi connectivity index (χ1n) is 12.0. The zero-order valence-corrected chi connectivity index (χ0v) is 20.8. The standard InChI is InChI=1S/C25H29N5O4S/c1-17-16-21(23-24(26-17)30-11-5-3-4-6-22(30)27-23)25(32)28-12-14-29(15-13-28)35(33,34)20-9-7-19(8-10-20)18(2)31/h7-10,16H,3-6,11-15H2,1-2H3. The summed E-state index contributed by atoms with van der Waals surface area (Å²) < 4.78 is 29.7. The van der Waals surface area contributed by atoms with E-state index in [-0.39, 0.29) is 29.7 Å². The van der Waals surface area contributed by atoms with Crippen LogP contribution in [0.4, 0.5) is 0 Å². The molecule has 2 aromatic heterocycles. The number of aryl methyl sites for hydroxylation is 3. The molecule has 0 saturated carbocycles. The van der Waals surface area contributed by atoms with E-state index in [9.17, 15) is 18.0 Å². The lowest BCUT2D eigenvalue weighted by Crippen LogP contribution is -2.50. The molecule has 0 spiro atoms. The van der Waals surface area contributed by atoms with E-state index in [1.165, 1.54) is 35.5 Å². The Morgan fingerprint density at radius 1 is 0.914 bits per heavy atom. The predicted molar refractivity (Wildman–Crippen MR) is 131 cm³/mol. The third kappa shape index (κ3) is 4.36. The summed E-state index contributed by atoms with van der Waals surface area (Å²) in [6, 6.07) is 7.76. The molecule has 0 unspecified atom stereocenters. The van der Waals surface area contributed by atoms with E-state index in [0.29, 0.717) is 29.7 Å². The SMILES string of the molecule is CC(=O)c1ccc(S(=O)(=O)N2CCN(C(=O)c3cc(C)nc4c3nc3n4CCCCC3)CC2)cc1. The Balaban J connectivity index is 1.35. The fraction of sp³-hybridized carbons (Fsp3) is 0.440. The maximum absolute atomic E-state index is 13.5. The number of hydrogen-bond donors (Lipinski definition) is 0. The Morgan fingerprint density at radius 3 is 2.31 bits per heavy atom. The summed E-state index contributed by atoms with van der Waals surface area (Å²) in [7, 11) is -3.71. The van der Waals surface area contributed by atoms with E-state index < -0.39 is 10.0 Å². The number of sulfonamides is 1. The highest BCUT2D eigenvalue weighted by molar-refractivity contribution is 7.89. The van der Waals surface area contributed by atoms with Gasteiger partial charge in [0.15, 0.2) is 11.4 Å². The molecule has 1 saturated heterocycles. The molecule has 1 fully saturated rings. The highest BCUT2D eigenvalue weighted by Crippen LogP contribution is 2.26. The van der Waals surface area contributed by atoms with Gasteiger partial charge in [0.25, 0.3) is 5.91 Å². The van der Waals surface area contributed by atoms with Crippen LogP contribution in [-0.2, 0) is 23.0 Å². The zero-order chi connectivity index (χ0) is 24.7. The number of fused-ring (bicyclic) bond motifs is 3. The van der Waals surface area contributed by atoms with Crippen LogP contribution >= 0.6 is 0 Å². The Bertz CT molecular complexity index is 1400. The molecule has 9 nitrogen and oxygen atoms in total. The molecule has 184 valence electrons. The molecular formula is C25H29N5O4S. The second-order valence-electron chi connectivity index (χ2n) is 9.25. The van der Waals surface area contributed by atoms with Gasteiger partial charge in [-0.1, -0.05) is 18.6 Å². The van der Waals surface area contributed by atoms with Crippen molar-refractivity contribution in [1.29, 1.82) is 0 Å². The van der Waals surface area contributed by atoms with Gasteiger partial charge < -0.3 is 9.47 Å². The molecule has 0 bridgehead atoms. The van der Waals surface area contributed by atoms with Gasteiger partial charge in [-0.2, -0.15) is 4.31 Å². The second kappa shape index (κ2) is 9.16. The fourth-order valence-corrected chi connectivity index (χ4v) is 6.31. The number of piperazine rings is 1.